The third kappa shape index (κ3) is 3.57. The number of alkyl halides is 5. The summed E-state index contributed by atoms with van der Waals surface area (Å²) in [5.41, 5.74) is -0.701. The highest BCUT2D eigenvalue weighted by Gasteiger charge is 2.71. The second-order valence-corrected chi connectivity index (χ2v) is 7.95. The van der Waals surface area contributed by atoms with E-state index in [4.69, 9.17) is 0 Å². The van der Waals surface area contributed by atoms with Crippen LogP contribution in [0.15, 0.2) is 48.5 Å². The highest BCUT2D eigenvalue weighted by atomic mass is 19.4. The molecule has 1 fully saturated rings. The number of aromatic hydroxyl groups is 1. The molecule has 7 heteroatoms. The molecule has 0 radical (unpaired) electrons. The standard InChI is InChI=1S/C22H20F5NO/c1-19(10-12-20(14-28,13-11-19)21(23,24)22(25,26)27)17-6-2-15(3-7-17)16-4-8-18(29)9-5-16/h2-9,29H,10-13H2,1H3. The van der Waals surface area contributed by atoms with E-state index in [1.165, 1.54) is 6.07 Å². The van der Waals surface area contributed by atoms with Gasteiger partial charge in [0.05, 0.1) is 6.07 Å². The molecule has 3 rings (SSSR count). The van der Waals surface area contributed by atoms with Crippen molar-refractivity contribution in [1.82, 2.24) is 0 Å². The van der Waals surface area contributed by atoms with Gasteiger partial charge in [-0.1, -0.05) is 43.3 Å². The Balaban J connectivity index is 1.81. The number of phenols is 1. The molecule has 29 heavy (non-hydrogen) atoms. The fourth-order valence-corrected chi connectivity index (χ4v) is 4.00. The van der Waals surface area contributed by atoms with Crippen LogP contribution in [0.4, 0.5) is 22.0 Å². The van der Waals surface area contributed by atoms with Crippen molar-refractivity contribution in [3.05, 3.63) is 54.1 Å². The average Bonchev–Trinajstić information content (AvgIpc) is 2.68. The van der Waals surface area contributed by atoms with Gasteiger partial charge in [-0.15, -0.1) is 0 Å². The Bertz CT molecular complexity index is 902. The van der Waals surface area contributed by atoms with Crippen LogP contribution in [-0.4, -0.2) is 17.2 Å². The van der Waals surface area contributed by atoms with Crippen molar-refractivity contribution < 1.29 is 27.1 Å². The van der Waals surface area contributed by atoms with Gasteiger partial charge in [0.25, 0.3) is 0 Å². The maximum Gasteiger partial charge on any atom is 0.454 e. The number of nitrogens with zero attached hydrogens (tertiary/aromatic N) is 1. The minimum Gasteiger partial charge on any atom is -0.508 e. The van der Waals surface area contributed by atoms with E-state index in [1.807, 2.05) is 31.2 Å². The minimum atomic E-state index is -5.75. The van der Waals surface area contributed by atoms with Crippen LogP contribution in [0.1, 0.15) is 38.2 Å². The van der Waals surface area contributed by atoms with Gasteiger partial charge in [0.1, 0.15) is 11.2 Å². The fraction of sp³-hybridized carbons (Fsp3) is 0.409. The molecule has 0 spiro atoms. The lowest BCUT2D eigenvalue weighted by Crippen LogP contribution is -2.54. The number of benzene rings is 2. The van der Waals surface area contributed by atoms with Crippen LogP contribution in [0.3, 0.4) is 0 Å². The minimum absolute atomic E-state index is 0.0603. The summed E-state index contributed by atoms with van der Waals surface area (Å²) in [6, 6.07) is 15.3. The SMILES string of the molecule is CC1(c2ccc(-c3ccc(O)cc3)cc2)CCC(C#N)(C(F)(F)C(F)(F)F)CC1. The quantitative estimate of drug-likeness (QED) is 0.581. The van der Waals surface area contributed by atoms with Crippen molar-refractivity contribution in [2.75, 3.05) is 0 Å². The zero-order valence-corrected chi connectivity index (χ0v) is 15.7. The van der Waals surface area contributed by atoms with Crippen LogP contribution >= 0.6 is 0 Å². The Morgan fingerprint density at radius 3 is 1.69 bits per heavy atom. The molecule has 0 atom stereocenters. The maximum atomic E-state index is 14.0. The third-order valence-electron chi connectivity index (χ3n) is 6.16. The molecule has 1 aliphatic carbocycles. The summed E-state index contributed by atoms with van der Waals surface area (Å²) in [7, 11) is 0. The van der Waals surface area contributed by atoms with E-state index >= 15 is 0 Å². The normalized spacial score (nSPS) is 25.4. The Morgan fingerprint density at radius 2 is 1.28 bits per heavy atom. The van der Waals surface area contributed by atoms with Crippen molar-refractivity contribution in [1.29, 1.82) is 5.26 Å². The zero-order valence-electron chi connectivity index (χ0n) is 15.7. The van der Waals surface area contributed by atoms with E-state index in [1.54, 1.807) is 24.3 Å². The second kappa shape index (κ2) is 7.01. The zero-order chi connectivity index (χ0) is 21.5. The van der Waals surface area contributed by atoms with Gasteiger partial charge < -0.3 is 5.11 Å². The number of halogens is 5. The molecule has 1 saturated carbocycles. The number of hydrogen-bond acceptors (Lipinski definition) is 2. The van der Waals surface area contributed by atoms with E-state index in [0.29, 0.717) is 0 Å². The summed E-state index contributed by atoms with van der Waals surface area (Å²) in [4.78, 5) is 0. The second-order valence-electron chi connectivity index (χ2n) is 7.95. The van der Waals surface area contributed by atoms with E-state index in [-0.39, 0.29) is 18.6 Å². The Labute approximate surface area is 165 Å². The first-order valence-electron chi connectivity index (χ1n) is 9.20. The van der Waals surface area contributed by atoms with E-state index in [0.717, 1.165) is 16.7 Å². The highest BCUT2D eigenvalue weighted by Crippen LogP contribution is 2.58. The summed E-state index contributed by atoms with van der Waals surface area (Å²) < 4.78 is 66.7. The lowest BCUT2D eigenvalue weighted by molar-refractivity contribution is -0.321. The van der Waals surface area contributed by atoms with Gasteiger partial charge in [-0.3, -0.25) is 0 Å². The lowest BCUT2D eigenvalue weighted by atomic mass is 9.60. The van der Waals surface area contributed by atoms with Gasteiger partial charge in [0, 0.05) is 0 Å². The van der Waals surface area contributed by atoms with Crippen molar-refractivity contribution in [2.24, 2.45) is 5.41 Å². The maximum absolute atomic E-state index is 14.0. The molecule has 0 bridgehead atoms. The molecule has 0 aliphatic heterocycles. The van der Waals surface area contributed by atoms with Crippen molar-refractivity contribution in [3.63, 3.8) is 0 Å². The fourth-order valence-electron chi connectivity index (χ4n) is 4.00. The molecule has 1 aliphatic rings. The molecule has 2 aromatic rings. The molecular formula is C22H20F5NO. The summed E-state index contributed by atoms with van der Waals surface area (Å²) in [5.74, 6) is -4.89. The van der Waals surface area contributed by atoms with Gasteiger partial charge in [-0.2, -0.15) is 27.2 Å². The molecule has 2 nitrogen and oxygen atoms in total. The third-order valence-corrected chi connectivity index (χ3v) is 6.16. The van der Waals surface area contributed by atoms with Crippen LogP contribution in [0.5, 0.6) is 5.75 Å². The van der Waals surface area contributed by atoms with Gasteiger partial charge in [0.15, 0.2) is 0 Å². The van der Waals surface area contributed by atoms with Crippen LogP contribution in [0.2, 0.25) is 0 Å². The molecule has 0 heterocycles. The molecule has 0 amide bonds. The topological polar surface area (TPSA) is 44.0 Å². The van der Waals surface area contributed by atoms with E-state index < -0.39 is 35.8 Å². The van der Waals surface area contributed by atoms with Gasteiger partial charge in [-0.25, -0.2) is 0 Å². The number of nitriles is 1. The number of rotatable bonds is 3. The number of phenolic OH excluding ortho intramolecular Hbond substituents is 1. The Kier molecular flexibility index (Phi) is 5.10. The van der Waals surface area contributed by atoms with Gasteiger partial charge >= 0.3 is 12.1 Å². The summed E-state index contributed by atoms with van der Waals surface area (Å²) in [6.45, 7) is 1.83. The predicted molar refractivity (Wildman–Crippen MR) is 98.4 cm³/mol. The van der Waals surface area contributed by atoms with Crippen molar-refractivity contribution in [2.45, 2.75) is 50.1 Å². The first-order valence-corrected chi connectivity index (χ1v) is 9.20. The van der Waals surface area contributed by atoms with Crippen molar-refractivity contribution in [3.8, 4) is 22.9 Å². The van der Waals surface area contributed by atoms with Crippen molar-refractivity contribution >= 4 is 0 Å². The monoisotopic (exact) mass is 409 g/mol. The largest absolute Gasteiger partial charge is 0.508 e. The van der Waals surface area contributed by atoms with Gasteiger partial charge in [-0.05, 0) is 59.9 Å². The molecule has 0 unspecified atom stereocenters. The van der Waals surface area contributed by atoms with E-state index in [2.05, 4.69) is 0 Å². The average molecular weight is 409 g/mol. The molecule has 154 valence electrons. The molecule has 0 saturated heterocycles. The first-order chi connectivity index (χ1) is 13.4. The Morgan fingerprint density at radius 1 is 0.828 bits per heavy atom. The lowest BCUT2D eigenvalue weighted by Gasteiger charge is -2.45. The molecule has 0 aromatic heterocycles. The smallest absolute Gasteiger partial charge is 0.454 e. The first kappa shape index (κ1) is 21.1. The van der Waals surface area contributed by atoms with Gasteiger partial charge in [0.2, 0.25) is 0 Å². The van der Waals surface area contributed by atoms with Crippen LogP contribution < -0.4 is 0 Å². The number of hydrogen-bond donors (Lipinski definition) is 1. The summed E-state index contributed by atoms with van der Waals surface area (Å²) >= 11 is 0. The Hall–Kier alpha value is -2.62. The highest BCUT2D eigenvalue weighted by molar-refractivity contribution is 5.64. The molecule has 2 aromatic carbocycles. The van der Waals surface area contributed by atoms with Crippen LogP contribution in [0.25, 0.3) is 11.1 Å². The van der Waals surface area contributed by atoms with Crippen LogP contribution in [-0.2, 0) is 5.41 Å². The molecule has 1 N–H and O–H groups in total. The summed E-state index contributed by atoms with van der Waals surface area (Å²) in [5, 5.41) is 18.6. The predicted octanol–water partition coefficient (Wildman–Crippen LogP) is 6.60. The summed E-state index contributed by atoms with van der Waals surface area (Å²) in [6.07, 6.45) is -6.67. The van der Waals surface area contributed by atoms with Crippen LogP contribution in [0, 0.1) is 16.7 Å². The molecular weight excluding hydrogens is 389 g/mol. The van der Waals surface area contributed by atoms with E-state index in [9.17, 15) is 32.3 Å².